The van der Waals surface area contributed by atoms with Gasteiger partial charge in [-0.05, 0) is 52.1 Å². The van der Waals surface area contributed by atoms with Gasteiger partial charge in [-0.3, -0.25) is 0 Å². The summed E-state index contributed by atoms with van der Waals surface area (Å²) in [6.07, 6.45) is 7.66. The average Bonchev–Trinajstić information content (AvgIpc) is 2.20. The van der Waals surface area contributed by atoms with Crippen molar-refractivity contribution in [2.45, 2.75) is 71.8 Å². The number of hydrogen-bond acceptors (Lipinski definition) is 2. The Morgan fingerprint density at radius 1 is 1.19 bits per heavy atom. The highest BCUT2D eigenvalue weighted by Crippen LogP contribution is 2.11. The Bertz CT molecular complexity index is 149. The fourth-order valence-corrected chi connectivity index (χ4v) is 1.92. The predicted octanol–water partition coefficient (Wildman–Crippen LogP) is 3.31. The quantitative estimate of drug-likeness (QED) is 0.563. The Labute approximate surface area is 102 Å². The van der Waals surface area contributed by atoms with Crippen LogP contribution in [0.5, 0.6) is 0 Å². The van der Waals surface area contributed by atoms with Crippen molar-refractivity contribution in [3.8, 4) is 0 Å². The van der Waals surface area contributed by atoms with Crippen LogP contribution in [0.15, 0.2) is 0 Å². The van der Waals surface area contributed by atoms with Gasteiger partial charge in [-0.15, -0.1) is 0 Å². The van der Waals surface area contributed by atoms with Crippen molar-refractivity contribution in [2.24, 2.45) is 11.7 Å². The van der Waals surface area contributed by atoms with Crippen molar-refractivity contribution in [3.05, 3.63) is 0 Å². The molecule has 0 aromatic heterocycles. The molecule has 0 spiro atoms. The van der Waals surface area contributed by atoms with E-state index in [2.05, 4.69) is 33.0 Å². The van der Waals surface area contributed by atoms with E-state index >= 15 is 0 Å². The van der Waals surface area contributed by atoms with Gasteiger partial charge in [0.2, 0.25) is 0 Å². The molecule has 0 bridgehead atoms. The second kappa shape index (κ2) is 9.00. The smallest absolute Gasteiger partial charge is 0.00975 e. The summed E-state index contributed by atoms with van der Waals surface area (Å²) in [5.74, 6) is 0.867. The summed E-state index contributed by atoms with van der Waals surface area (Å²) in [6.45, 7) is 11.1. The van der Waals surface area contributed by atoms with Gasteiger partial charge < -0.3 is 11.1 Å². The lowest BCUT2D eigenvalue weighted by molar-refractivity contribution is 0.401. The molecule has 0 aliphatic rings. The largest absolute Gasteiger partial charge is 0.326 e. The minimum absolute atomic E-state index is 0.00590. The zero-order valence-electron chi connectivity index (χ0n) is 11.8. The van der Waals surface area contributed by atoms with E-state index in [-0.39, 0.29) is 5.54 Å². The van der Waals surface area contributed by atoms with Gasteiger partial charge in [-0.2, -0.15) is 0 Å². The van der Waals surface area contributed by atoms with Crippen LogP contribution in [0, 0.1) is 5.92 Å². The molecule has 0 saturated heterocycles. The monoisotopic (exact) mass is 228 g/mol. The van der Waals surface area contributed by atoms with Crippen molar-refractivity contribution < 1.29 is 0 Å². The first kappa shape index (κ1) is 15.9. The van der Waals surface area contributed by atoms with E-state index in [1.807, 2.05) is 0 Å². The molecule has 0 aliphatic carbocycles. The molecule has 0 amide bonds. The van der Waals surface area contributed by atoms with Crippen LogP contribution in [-0.4, -0.2) is 18.6 Å². The second-order valence-corrected chi connectivity index (χ2v) is 5.71. The van der Waals surface area contributed by atoms with Crippen molar-refractivity contribution in [1.82, 2.24) is 5.32 Å². The Balaban J connectivity index is 3.41. The number of unbranched alkanes of at least 4 members (excludes halogenated alkanes) is 1. The van der Waals surface area contributed by atoms with E-state index in [9.17, 15) is 0 Å². The average molecular weight is 228 g/mol. The molecule has 0 radical (unpaired) electrons. The highest BCUT2D eigenvalue weighted by atomic mass is 14.9. The van der Waals surface area contributed by atoms with Gasteiger partial charge in [-0.25, -0.2) is 0 Å². The van der Waals surface area contributed by atoms with Gasteiger partial charge in [0.1, 0.15) is 0 Å². The first-order valence-electron chi connectivity index (χ1n) is 6.99. The van der Waals surface area contributed by atoms with Crippen LogP contribution in [-0.2, 0) is 0 Å². The first-order chi connectivity index (χ1) is 7.49. The van der Waals surface area contributed by atoms with E-state index in [4.69, 9.17) is 5.73 Å². The predicted molar refractivity (Wildman–Crippen MR) is 73.7 cm³/mol. The summed E-state index contributed by atoms with van der Waals surface area (Å²) in [7, 11) is 0. The van der Waals surface area contributed by atoms with Crippen molar-refractivity contribution in [3.63, 3.8) is 0 Å². The molecule has 98 valence electrons. The fraction of sp³-hybridized carbons (Fsp3) is 1.00. The lowest BCUT2D eigenvalue weighted by Crippen LogP contribution is -2.33. The van der Waals surface area contributed by atoms with E-state index in [0.717, 1.165) is 18.9 Å². The number of nitrogens with two attached hydrogens (primary N) is 1. The summed E-state index contributed by atoms with van der Waals surface area (Å²) >= 11 is 0. The molecule has 0 aromatic carbocycles. The molecular formula is C14H32N2. The van der Waals surface area contributed by atoms with Crippen LogP contribution in [0.25, 0.3) is 0 Å². The molecular weight excluding hydrogens is 196 g/mol. The van der Waals surface area contributed by atoms with Crippen molar-refractivity contribution in [2.75, 3.05) is 13.1 Å². The van der Waals surface area contributed by atoms with E-state index in [1.54, 1.807) is 0 Å². The summed E-state index contributed by atoms with van der Waals surface area (Å²) in [4.78, 5) is 0. The molecule has 0 aliphatic heterocycles. The highest BCUT2D eigenvalue weighted by molar-refractivity contribution is 4.71. The van der Waals surface area contributed by atoms with Crippen LogP contribution < -0.4 is 11.1 Å². The summed E-state index contributed by atoms with van der Waals surface area (Å²) in [5, 5.41) is 3.56. The SMILES string of the molecule is CCCCC(CC)CNCCCC(C)(C)N. The lowest BCUT2D eigenvalue weighted by Gasteiger charge is -2.19. The van der Waals surface area contributed by atoms with Crippen LogP contribution in [0.4, 0.5) is 0 Å². The van der Waals surface area contributed by atoms with E-state index in [1.165, 1.54) is 38.6 Å². The Morgan fingerprint density at radius 3 is 2.38 bits per heavy atom. The van der Waals surface area contributed by atoms with Crippen LogP contribution >= 0.6 is 0 Å². The van der Waals surface area contributed by atoms with Crippen LogP contribution in [0.2, 0.25) is 0 Å². The minimum atomic E-state index is -0.00590. The molecule has 16 heavy (non-hydrogen) atoms. The normalized spacial score (nSPS) is 14.1. The molecule has 3 N–H and O–H groups in total. The van der Waals surface area contributed by atoms with Gasteiger partial charge in [0.05, 0.1) is 0 Å². The van der Waals surface area contributed by atoms with E-state index < -0.39 is 0 Å². The van der Waals surface area contributed by atoms with Gasteiger partial charge in [0.15, 0.2) is 0 Å². The first-order valence-corrected chi connectivity index (χ1v) is 6.99. The maximum absolute atomic E-state index is 5.94. The minimum Gasteiger partial charge on any atom is -0.326 e. The summed E-state index contributed by atoms with van der Waals surface area (Å²) in [5.41, 5.74) is 5.94. The topological polar surface area (TPSA) is 38.0 Å². The second-order valence-electron chi connectivity index (χ2n) is 5.71. The number of rotatable bonds is 10. The van der Waals surface area contributed by atoms with Crippen LogP contribution in [0.3, 0.4) is 0 Å². The molecule has 0 rings (SSSR count). The molecule has 0 aromatic rings. The van der Waals surface area contributed by atoms with E-state index in [0.29, 0.717) is 0 Å². The molecule has 0 heterocycles. The molecule has 0 saturated carbocycles. The third kappa shape index (κ3) is 10.4. The molecule has 2 heteroatoms. The van der Waals surface area contributed by atoms with Gasteiger partial charge in [-0.1, -0.05) is 33.1 Å². The summed E-state index contributed by atoms with van der Waals surface area (Å²) < 4.78 is 0. The maximum atomic E-state index is 5.94. The maximum Gasteiger partial charge on any atom is 0.00975 e. The van der Waals surface area contributed by atoms with Gasteiger partial charge >= 0.3 is 0 Å². The number of hydrogen-bond donors (Lipinski definition) is 2. The van der Waals surface area contributed by atoms with Gasteiger partial charge in [0.25, 0.3) is 0 Å². The zero-order chi connectivity index (χ0) is 12.4. The fourth-order valence-electron chi connectivity index (χ4n) is 1.92. The van der Waals surface area contributed by atoms with Crippen molar-refractivity contribution >= 4 is 0 Å². The van der Waals surface area contributed by atoms with Gasteiger partial charge in [0, 0.05) is 5.54 Å². The number of nitrogens with one attached hydrogen (secondary N) is 1. The molecule has 2 nitrogen and oxygen atoms in total. The molecule has 1 atom stereocenters. The highest BCUT2D eigenvalue weighted by Gasteiger charge is 2.09. The Hall–Kier alpha value is -0.0800. The molecule has 0 fully saturated rings. The standard InChI is InChI=1S/C14H32N2/c1-5-7-9-13(6-2)12-16-11-8-10-14(3,4)15/h13,16H,5-12,15H2,1-4H3. The summed E-state index contributed by atoms with van der Waals surface area (Å²) in [6, 6.07) is 0. The molecule has 1 unspecified atom stereocenters. The van der Waals surface area contributed by atoms with Crippen LogP contribution in [0.1, 0.15) is 66.2 Å². The Morgan fingerprint density at radius 2 is 1.88 bits per heavy atom. The third-order valence-corrected chi connectivity index (χ3v) is 3.15. The zero-order valence-corrected chi connectivity index (χ0v) is 11.8. The lowest BCUT2D eigenvalue weighted by atomic mass is 9.98. The third-order valence-electron chi connectivity index (χ3n) is 3.15. The Kier molecular flexibility index (Phi) is 8.96. The van der Waals surface area contributed by atoms with Crippen molar-refractivity contribution in [1.29, 1.82) is 0 Å².